The molecule has 1 aliphatic carbocycles. The van der Waals surface area contributed by atoms with Crippen molar-refractivity contribution in [3.05, 3.63) is 78.4 Å². The van der Waals surface area contributed by atoms with Gasteiger partial charge in [0.15, 0.2) is 0 Å². The van der Waals surface area contributed by atoms with Gasteiger partial charge in [-0.05, 0) is 60.7 Å². The highest BCUT2D eigenvalue weighted by Crippen LogP contribution is 2.40. The summed E-state index contributed by atoms with van der Waals surface area (Å²) in [5.41, 5.74) is 2.73. The first-order chi connectivity index (χ1) is 12.8. The lowest BCUT2D eigenvalue weighted by atomic mass is 10.1. The summed E-state index contributed by atoms with van der Waals surface area (Å²) >= 11 is 0. The largest absolute Gasteiger partial charge is 0.492 e. The molecule has 1 saturated carbocycles. The lowest BCUT2D eigenvalue weighted by molar-refractivity contribution is 0.102. The average Bonchev–Trinajstić information content (AvgIpc) is 3.40. The number of carbonyl (C=O) groups excluding carboxylic acids is 1. The average molecular weight is 347 g/mol. The fourth-order valence-electron chi connectivity index (χ4n) is 2.88. The number of amides is 1. The molecular weight excluding hydrogens is 326 g/mol. The smallest absolute Gasteiger partial charge is 0.255 e. The molecule has 0 radical (unpaired) electrons. The standard InChI is InChI=1S/C21H21N3O2/c25-21(18-3-1-2-17(14-18)16-4-5-16)23-19-6-8-20(9-7-19)26-13-12-24-11-10-22-15-24/h1-3,6-11,14-16H,4-5,12-13H2,(H,23,25). The predicted molar refractivity (Wildman–Crippen MR) is 101 cm³/mol. The van der Waals surface area contributed by atoms with Crippen LogP contribution in [0.4, 0.5) is 5.69 Å². The third kappa shape index (κ3) is 4.11. The molecule has 1 N–H and O–H groups in total. The van der Waals surface area contributed by atoms with E-state index in [-0.39, 0.29) is 5.91 Å². The quantitative estimate of drug-likeness (QED) is 0.700. The highest BCUT2D eigenvalue weighted by molar-refractivity contribution is 6.04. The maximum atomic E-state index is 12.4. The molecule has 2 aromatic carbocycles. The first kappa shape index (κ1) is 16.4. The van der Waals surface area contributed by atoms with Crippen LogP contribution in [0.5, 0.6) is 5.75 Å². The van der Waals surface area contributed by atoms with Crippen LogP contribution in [-0.4, -0.2) is 22.1 Å². The summed E-state index contributed by atoms with van der Waals surface area (Å²) in [7, 11) is 0. The second kappa shape index (κ2) is 7.44. The van der Waals surface area contributed by atoms with Gasteiger partial charge in [-0.25, -0.2) is 4.98 Å². The molecule has 5 heteroatoms. The molecule has 4 rings (SSSR count). The SMILES string of the molecule is O=C(Nc1ccc(OCCn2ccnc2)cc1)c1cccc(C2CC2)c1. The minimum Gasteiger partial charge on any atom is -0.492 e. The Morgan fingerprint density at radius 2 is 2.04 bits per heavy atom. The van der Waals surface area contributed by atoms with Crippen molar-refractivity contribution >= 4 is 11.6 Å². The van der Waals surface area contributed by atoms with Gasteiger partial charge in [0.2, 0.25) is 0 Å². The van der Waals surface area contributed by atoms with E-state index in [1.807, 2.05) is 53.2 Å². The lowest BCUT2D eigenvalue weighted by Crippen LogP contribution is -2.12. The zero-order valence-corrected chi connectivity index (χ0v) is 14.5. The molecule has 1 fully saturated rings. The Labute approximate surface area is 152 Å². The molecular formula is C21H21N3O2. The van der Waals surface area contributed by atoms with Crippen LogP contribution in [0.3, 0.4) is 0 Å². The lowest BCUT2D eigenvalue weighted by Gasteiger charge is -2.09. The van der Waals surface area contributed by atoms with Crippen LogP contribution in [0.15, 0.2) is 67.3 Å². The zero-order chi connectivity index (χ0) is 17.8. The van der Waals surface area contributed by atoms with Crippen molar-refractivity contribution in [1.82, 2.24) is 9.55 Å². The number of nitrogens with zero attached hydrogens (tertiary/aromatic N) is 2. The second-order valence-corrected chi connectivity index (χ2v) is 6.53. The Hall–Kier alpha value is -3.08. The molecule has 1 amide bonds. The van der Waals surface area contributed by atoms with Gasteiger partial charge in [0.1, 0.15) is 12.4 Å². The van der Waals surface area contributed by atoms with Crippen LogP contribution in [0.2, 0.25) is 0 Å². The number of nitrogens with one attached hydrogen (secondary N) is 1. The highest BCUT2D eigenvalue weighted by Gasteiger charge is 2.23. The molecule has 0 atom stereocenters. The molecule has 0 aliphatic heterocycles. The van der Waals surface area contributed by atoms with Crippen LogP contribution in [0.25, 0.3) is 0 Å². The number of aromatic nitrogens is 2. The van der Waals surface area contributed by atoms with Crippen molar-refractivity contribution in [1.29, 1.82) is 0 Å². The van der Waals surface area contributed by atoms with E-state index in [2.05, 4.69) is 16.4 Å². The zero-order valence-electron chi connectivity index (χ0n) is 14.5. The summed E-state index contributed by atoms with van der Waals surface area (Å²) in [4.78, 5) is 16.4. The maximum absolute atomic E-state index is 12.4. The minimum atomic E-state index is -0.0822. The van der Waals surface area contributed by atoms with E-state index in [9.17, 15) is 4.79 Å². The Morgan fingerprint density at radius 3 is 2.77 bits per heavy atom. The summed E-state index contributed by atoms with van der Waals surface area (Å²) in [5.74, 6) is 1.33. The molecule has 1 aromatic heterocycles. The van der Waals surface area contributed by atoms with Gasteiger partial charge >= 0.3 is 0 Å². The van der Waals surface area contributed by atoms with Crippen LogP contribution >= 0.6 is 0 Å². The summed E-state index contributed by atoms with van der Waals surface area (Å²) < 4.78 is 7.67. The number of anilines is 1. The van der Waals surface area contributed by atoms with E-state index in [1.165, 1.54) is 18.4 Å². The molecule has 1 aliphatic rings. The number of ether oxygens (including phenoxy) is 1. The monoisotopic (exact) mass is 347 g/mol. The van der Waals surface area contributed by atoms with Crippen LogP contribution in [-0.2, 0) is 6.54 Å². The number of hydrogen-bond acceptors (Lipinski definition) is 3. The number of benzene rings is 2. The van der Waals surface area contributed by atoms with Crippen molar-refractivity contribution in [2.75, 3.05) is 11.9 Å². The molecule has 3 aromatic rings. The van der Waals surface area contributed by atoms with Gasteiger partial charge in [-0.3, -0.25) is 4.79 Å². The summed E-state index contributed by atoms with van der Waals surface area (Å²) in [5, 5.41) is 2.94. The number of hydrogen-bond donors (Lipinski definition) is 1. The van der Waals surface area contributed by atoms with E-state index in [1.54, 1.807) is 12.5 Å². The van der Waals surface area contributed by atoms with Crippen LogP contribution in [0, 0.1) is 0 Å². The molecule has 0 bridgehead atoms. The Kier molecular flexibility index (Phi) is 4.69. The van der Waals surface area contributed by atoms with Crippen molar-refractivity contribution in [3.8, 4) is 5.75 Å². The van der Waals surface area contributed by atoms with Crippen molar-refractivity contribution < 1.29 is 9.53 Å². The van der Waals surface area contributed by atoms with Gasteiger partial charge in [-0.15, -0.1) is 0 Å². The topological polar surface area (TPSA) is 56.1 Å². The first-order valence-electron chi connectivity index (χ1n) is 8.88. The van der Waals surface area contributed by atoms with E-state index in [0.717, 1.165) is 18.0 Å². The van der Waals surface area contributed by atoms with E-state index in [4.69, 9.17) is 4.74 Å². The van der Waals surface area contributed by atoms with E-state index < -0.39 is 0 Å². The molecule has 26 heavy (non-hydrogen) atoms. The van der Waals surface area contributed by atoms with Crippen molar-refractivity contribution in [3.63, 3.8) is 0 Å². The predicted octanol–water partition coefficient (Wildman–Crippen LogP) is 4.09. The molecule has 0 saturated heterocycles. The fraction of sp³-hybridized carbons (Fsp3) is 0.238. The second-order valence-electron chi connectivity index (χ2n) is 6.53. The van der Waals surface area contributed by atoms with E-state index in [0.29, 0.717) is 18.1 Å². The van der Waals surface area contributed by atoms with E-state index >= 15 is 0 Å². The van der Waals surface area contributed by atoms with Gasteiger partial charge in [0, 0.05) is 23.6 Å². The fourth-order valence-corrected chi connectivity index (χ4v) is 2.88. The Morgan fingerprint density at radius 1 is 1.19 bits per heavy atom. The number of carbonyl (C=O) groups is 1. The van der Waals surface area contributed by atoms with Gasteiger partial charge in [0.05, 0.1) is 12.9 Å². The molecule has 1 heterocycles. The van der Waals surface area contributed by atoms with Crippen molar-refractivity contribution in [2.45, 2.75) is 25.3 Å². The summed E-state index contributed by atoms with van der Waals surface area (Å²) in [6.07, 6.45) is 7.87. The highest BCUT2D eigenvalue weighted by atomic mass is 16.5. The molecule has 0 unspecified atom stereocenters. The first-order valence-corrected chi connectivity index (χ1v) is 8.88. The molecule has 132 valence electrons. The van der Waals surface area contributed by atoms with Gasteiger partial charge in [0.25, 0.3) is 5.91 Å². The minimum absolute atomic E-state index is 0.0822. The third-order valence-electron chi connectivity index (χ3n) is 4.49. The Bertz CT molecular complexity index is 869. The van der Waals surface area contributed by atoms with Gasteiger partial charge in [-0.1, -0.05) is 12.1 Å². The number of rotatable bonds is 7. The van der Waals surface area contributed by atoms with Crippen LogP contribution in [0.1, 0.15) is 34.7 Å². The van der Waals surface area contributed by atoms with Gasteiger partial charge in [-0.2, -0.15) is 0 Å². The normalized spacial score (nSPS) is 13.4. The molecule has 5 nitrogen and oxygen atoms in total. The third-order valence-corrected chi connectivity index (χ3v) is 4.49. The summed E-state index contributed by atoms with van der Waals surface area (Å²) in [6, 6.07) is 15.4. The Balaban J connectivity index is 1.31. The van der Waals surface area contributed by atoms with Gasteiger partial charge < -0.3 is 14.6 Å². The van der Waals surface area contributed by atoms with Crippen molar-refractivity contribution in [2.24, 2.45) is 0 Å². The summed E-state index contributed by atoms with van der Waals surface area (Å²) in [6.45, 7) is 1.31. The maximum Gasteiger partial charge on any atom is 0.255 e. The van der Waals surface area contributed by atoms with Crippen LogP contribution < -0.4 is 10.1 Å². The molecule has 0 spiro atoms. The number of imidazole rings is 1.